The molecule has 0 aliphatic heterocycles. The maximum absolute atomic E-state index is 13.6. The van der Waals surface area contributed by atoms with Gasteiger partial charge in [-0.3, -0.25) is 0 Å². The van der Waals surface area contributed by atoms with Gasteiger partial charge in [-0.25, -0.2) is 4.39 Å². The smallest absolute Gasteiger partial charge is 0.165 e. The van der Waals surface area contributed by atoms with Crippen molar-refractivity contribution in [3.63, 3.8) is 0 Å². The predicted octanol–water partition coefficient (Wildman–Crippen LogP) is 4.56. The van der Waals surface area contributed by atoms with Crippen LogP contribution < -0.4 is 4.74 Å². The van der Waals surface area contributed by atoms with Crippen molar-refractivity contribution in [1.29, 1.82) is 0 Å². The van der Waals surface area contributed by atoms with Crippen molar-refractivity contribution >= 4 is 15.9 Å². The van der Waals surface area contributed by atoms with Crippen LogP contribution in [0.25, 0.3) is 0 Å². The summed E-state index contributed by atoms with van der Waals surface area (Å²) >= 11 is 3.33. The molecule has 0 aromatic heterocycles. The van der Waals surface area contributed by atoms with Gasteiger partial charge in [-0.2, -0.15) is 0 Å². The van der Waals surface area contributed by atoms with Crippen LogP contribution in [0.4, 0.5) is 4.39 Å². The summed E-state index contributed by atoms with van der Waals surface area (Å²) in [6.45, 7) is 0. The van der Waals surface area contributed by atoms with Gasteiger partial charge in [0.25, 0.3) is 0 Å². The molecule has 0 spiro atoms. The summed E-state index contributed by atoms with van der Waals surface area (Å²) in [5.41, 5.74) is 0.853. The summed E-state index contributed by atoms with van der Waals surface area (Å²) in [7, 11) is 0. The van der Waals surface area contributed by atoms with Crippen LogP contribution in [0, 0.1) is 18.2 Å². The molecule has 0 unspecified atom stereocenters. The third kappa shape index (κ3) is 3.12. The zero-order valence-corrected chi connectivity index (χ0v) is 11.1. The molecule has 3 heteroatoms. The summed E-state index contributed by atoms with van der Waals surface area (Å²) in [4.78, 5) is 0. The molecule has 1 nitrogen and oxygen atoms in total. The number of terminal acetylenes is 1. The topological polar surface area (TPSA) is 9.23 Å². The summed E-state index contributed by atoms with van der Waals surface area (Å²) < 4.78 is 20.0. The van der Waals surface area contributed by atoms with Crippen LogP contribution >= 0.6 is 15.9 Å². The standard InChI is InChI=1S/C15H10BrFO/c1-2-3-11-4-9-14(17)15(10-11)18-13-7-5-12(16)6-8-13/h1,4-10H,3H2. The molecule has 2 aromatic carbocycles. The van der Waals surface area contributed by atoms with Crippen molar-refractivity contribution in [1.82, 2.24) is 0 Å². The van der Waals surface area contributed by atoms with Gasteiger partial charge in [0.2, 0.25) is 0 Å². The Kier molecular flexibility index (Phi) is 4.01. The number of rotatable bonds is 3. The van der Waals surface area contributed by atoms with Gasteiger partial charge in [0.1, 0.15) is 5.75 Å². The lowest BCUT2D eigenvalue weighted by atomic mass is 10.1. The first-order chi connectivity index (χ1) is 8.69. The lowest BCUT2D eigenvalue weighted by molar-refractivity contribution is 0.441. The molecule has 2 aromatic rings. The molecule has 0 amide bonds. The second kappa shape index (κ2) is 5.70. The van der Waals surface area contributed by atoms with Gasteiger partial charge in [0, 0.05) is 10.9 Å². The monoisotopic (exact) mass is 304 g/mol. The fourth-order valence-corrected chi connectivity index (χ4v) is 1.75. The first kappa shape index (κ1) is 12.7. The predicted molar refractivity (Wildman–Crippen MR) is 73.2 cm³/mol. The van der Waals surface area contributed by atoms with Crippen molar-refractivity contribution < 1.29 is 9.13 Å². The Morgan fingerprint density at radius 3 is 2.56 bits per heavy atom. The molecule has 0 aliphatic rings. The molecule has 0 radical (unpaired) electrons. The molecule has 18 heavy (non-hydrogen) atoms. The van der Waals surface area contributed by atoms with Crippen molar-refractivity contribution in [3.8, 4) is 23.8 Å². The normalized spacial score (nSPS) is 9.83. The highest BCUT2D eigenvalue weighted by molar-refractivity contribution is 9.10. The molecule has 0 aliphatic carbocycles. The van der Waals surface area contributed by atoms with E-state index in [1.165, 1.54) is 6.07 Å². The number of ether oxygens (including phenoxy) is 1. The van der Waals surface area contributed by atoms with E-state index in [1.807, 2.05) is 12.1 Å². The molecule has 0 bridgehead atoms. The Bertz CT molecular complexity index is 584. The van der Waals surface area contributed by atoms with E-state index in [1.54, 1.807) is 24.3 Å². The zero-order chi connectivity index (χ0) is 13.0. The van der Waals surface area contributed by atoms with E-state index in [4.69, 9.17) is 11.2 Å². The maximum atomic E-state index is 13.6. The van der Waals surface area contributed by atoms with Crippen molar-refractivity contribution in [2.24, 2.45) is 0 Å². The minimum atomic E-state index is -0.404. The molecule has 90 valence electrons. The Morgan fingerprint density at radius 1 is 1.17 bits per heavy atom. The maximum Gasteiger partial charge on any atom is 0.165 e. The molecular formula is C15H10BrFO. The van der Waals surface area contributed by atoms with E-state index in [0.717, 1.165) is 10.0 Å². The van der Waals surface area contributed by atoms with Gasteiger partial charge in [-0.05, 0) is 42.0 Å². The van der Waals surface area contributed by atoms with E-state index >= 15 is 0 Å². The Balaban J connectivity index is 2.25. The summed E-state index contributed by atoms with van der Waals surface area (Å²) in [6.07, 6.45) is 5.68. The van der Waals surface area contributed by atoms with Gasteiger partial charge >= 0.3 is 0 Å². The lowest BCUT2D eigenvalue weighted by Gasteiger charge is -2.08. The quantitative estimate of drug-likeness (QED) is 0.756. The second-order valence-corrected chi connectivity index (χ2v) is 4.62. The molecule has 2 rings (SSSR count). The zero-order valence-electron chi connectivity index (χ0n) is 9.49. The summed E-state index contributed by atoms with van der Waals surface area (Å²) in [5, 5.41) is 0. The number of benzene rings is 2. The van der Waals surface area contributed by atoms with Gasteiger partial charge in [0.05, 0.1) is 0 Å². The molecular weight excluding hydrogens is 295 g/mol. The number of halogens is 2. The van der Waals surface area contributed by atoms with Crippen LogP contribution in [0.3, 0.4) is 0 Å². The fourth-order valence-electron chi connectivity index (χ4n) is 1.48. The minimum Gasteiger partial charge on any atom is -0.454 e. The average molecular weight is 305 g/mol. The van der Waals surface area contributed by atoms with Gasteiger partial charge in [0.15, 0.2) is 11.6 Å². The first-order valence-corrected chi connectivity index (χ1v) is 6.13. The third-order valence-electron chi connectivity index (χ3n) is 2.34. The Labute approximate surface area is 114 Å². The number of hydrogen-bond acceptors (Lipinski definition) is 1. The molecule has 0 N–H and O–H groups in total. The van der Waals surface area contributed by atoms with Crippen LogP contribution in [0.2, 0.25) is 0 Å². The van der Waals surface area contributed by atoms with Crippen molar-refractivity contribution in [2.45, 2.75) is 6.42 Å². The SMILES string of the molecule is C#CCc1ccc(F)c(Oc2ccc(Br)cc2)c1. The molecule has 0 saturated heterocycles. The van der Waals surface area contributed by atoms with E-state index in [0.29, 0.717) is 12.2 Å². The summed E-state index contributed by atoms with van der Waals surface area (Å²) in [5.74, 6) is 2.88. The highest BCUT2D eigenvalue weighted by Gasteiger charge is 2.06. The highest BCUT2D eigenvalue weighted by atomic mass is 79.9. The van der Waals surface area contributed by atoms with Crippen LogP contribution in [-0.2, 0) is 6.42 Å². The van der Waals surface area contributed by atoms with Crippen molar-refractivity contribution in [3.05, 3.63) is 58.3 Å². The largest absolute Gasteiger partial charge is 0.454 e. The second-order valence-electron chi connectivity index (χ2n) is 3.70. The van der Waals surface area contributed by atoms with Gasteiger partial charge < -0.3 is 4.74 Å². The van der Waals surface area contributed by atoms with E-state index in [9.17, 15) is 4.39 Å². The van der Waals surface area contributed by atoms with Crippen LogP contribution in [0.5, 0.6) is 11.5 Å². The van der Waals surface area contributed by atoms with Crippen LogP contribution in [0.1, 0.15) is 5.56 Å². The van der Waals surface area contributed by atoms with E-state index in [2.05, 4.69) is 21.9 Å². The van der Waals surface area contributed by atoms with Gasteiger partial charge in [-0.1, -0.05) is 22.0 Å². The Morgan fingerprint density at radius 2 is 1.89 bits per heavy atom. The van der Waals surface area contributed by atoms with E-state index < -0.39 is 5.82 Å². The highest BCUT2D eigenvalue weighted by Crippen LogP contribution is 2.26. The van der Waals surface area contributed by atoms with Crippen LogP contribution in [0.15, 0.2) is 46.9 Å². The van der Waals surface area contributed by atoms with Gasteiger partial charge in [-0.15, -0.1) is 12.3 Å². The summed E-state index contributed by atoms with van der Waals surface area (Å²) in [6, 6.07) is 11.8. The fraction of sp³-hybridized carbons (Fsp3) is 0.0667. The first-order valence-electron chi connectivity index (χ1n) is 5.34. The molecule has 0 fully saturated rings. The van der Waals surface area contributed by atoms with Crippen LogP contribution in [-0.4, -0.2) is 0 Å². The third-order valence-corrected chi connectivity index (χ3v) is 2.87. The van der Waals surface area contributed by atoms with E-state index in [-0.39, 0.29) is 5.75 Å². The number of hydrogen-bond donors (Lipinski definition) is 0. The molecule has 0 saturated carbocycles. The molecule has 0 atom stereocenters. The minimum absolute atomic E-state index is 0.185. The molecule has 0 heterocycles. The average Bonchev–Trinajstić information content (AvgIpc) is 2.36. The Hall–Kier alpha value is -1.79. The lowest BCUT2D eigenvalue weighted by Crippen LogP contribution is -1.91. The van der Waals surface area contributed by atoms with Crippen molar-refractivity contribution in [2.75, 3.05) is 0 Å².